The summed E-state index contributed by atoms with van der Waals surface area (Å²) in [7, 11) is 3.36. The second kappa shape index (κ2) is 7.49. The lowest BCUT2D eigenvalue weighted by Gasteiger charge is -2.19. The largest absolute Gasteiger partial charge is 0.493 e. The fourth-order valence-electron chi connectivity index (χ4n) is 3.16. The third-order valence-electron chi connectivity index (χ3n) is 4.31. The van der Waals surface area contributed by atoms with Gasteiger partial charge in [-0.05, 0) is 19.4 Å². The standard InChI is InChI=1S/C18H24N4O2/c1-13-9-17(20-12-19-13)21-15-7-8-22(11-15)10-14-5-4-6-16(23-2)18(14)24-3/h4-6,9,12,15H,7-8,10-11H2,1-3H3,(H,19,20,21). The van der Waals surface area contributed by atoms with E-state index in [1.54, 1.807) is 20.5 Å². The lowest BCUT2D eigenvalue weighted by molar-refractivity contribution is 0.310. The Hall–Kier alpha value is -2.34. The van der Waals surface area contributed by atoms with E-state index in [4.69, 9.17) is 9.47 Å². The highest BCUT2D eigenvalue weighted by atomic mass is 16.5. The minimum atomic E-state index is 0.399. The van der Waals surface area contributed by atoms with E-state index < -0.39 is 0 Å². The van der Waals surface area contributed by atoms with Crippen LogP contribution < -0.4 is 14.8 Å². The van der Waals surface area contributed by atoms with Crippen molar-refractivity contribution in [2.45, 2.75) is 25.9 Å². The third kappa shape index (κ3) is 3.76. The van der Waals surface area contributed by atoms with E-state index >= 15 is 0 Å². The zero-order valence-corrected chi connectivity index (χ0v) is 14.5. The Morgan fingerprint density at radius 3 is 2.88 bits per heavy atom. The van der Waals surface area contributed by atoms with Gasteiger partial charge in [0, 0.05) is 43.0 Å². The summed E-state index contributed by atoms with van der Waals surface area (Å²) in [5, 5.41) is 3.50. The minimum Gasteiger partial charge on any atom is -0.493 e. The quantitative estimate of drug-likeness (QED) is 0.879. The number of ether oxygens (including phenoxy) is 2. The summed E-state index contributed by atoms with van der Waals surface area (Å²) in [5.74, 6) is 2.50. The molecule has 0 spiro atoms. The predicted molar refractivity (Wildman–Crippen MR) is 93.6 cm³/mol. The van der Waals surface area contributed by atoms with Crippen molar-refractivity contribution in [1.82, 2.24) is 14.9 Å². The Kier molecular flexibility index (Phi) is 5.15. The number of aryl methyl sites for hydroxylation is 1. The van der Waals surface area contributed by atoms with Crippen LogP contribution in [0, 0.1) is 6.92 Å². The highest BCUT2D eigenvalue weighted by Crippen LogP contribution is 2.32. The number of likely N-dealkylation sites (tertiary alicyclic amines) is 1. The smallest absolute Gasteiger partial charge is 0.165 e. The molecule has 0 aliphatic carbocycles. The van der Waals surface area contributed by atoms with E-state index in [1.807, 2.05) is 25.1 Å². The summed E-state index contributed by atoms with van der Waals surface area (Å²) in [6.45, 7) is 4.84. The Morgan fingerprint density at radius 2 is 2.12 bits per heavy atom. The molecular formula is C18H24N4O2. The number of aromatic nitrogens is 2. The zero-order chi connectivity index (χ0) is 16.9. The second-order valence-electron chi connectivity index (χ2n) is 6.06. The van der Waals surface area contributed by atoms with Crippen LogP contribution in [-0.4, -0.2) is 48.2 Å². The van der Waals surface area contributed by atoms with Crippen LogP contribution in [0.2, 0.25) is 0 Å². The normalized spacial score (nSPS) is 17.7. The molecule has 1 N–H and O–H groups in total. The maximum Gasteiger partial charge on any atom is 0.165 e. The lowest BCUT2D eigenvalue weighted by atomic mass is 10.1. The van der Waals surface area contributed by atoms with Crippen LogP contribution in [0.15, 0.2) is 30.6 Å². The molecule has 6 nitrogen and oxygen atoms in total. The maximum atomic E-state index is 5.53. The van der Waals surface area contributed by atoms with E-state index in [9.17, 15) is 0 Å². The summed E-state index contributed by atoms with van der Waals surface area (Å²) in [6, 6.07) is 8.40. The van der Waals surface area contributed by atoms with Crippen molar-refractivity contribution in [2.24, 2.45) is 0 Å². The van der Waals surface area contributed by atoms with Gasteiger partial charge in [-0.2, -0.15) is 0 Å². The van der Waals surface area contributed by atoms with Crippen molar-refractivity contribution in [3.63, 3.8) is 0 Å². The average molecular weight is 328 g/mol. The number of benzene rings is 1. The molecule has 1 unspecified atom stereocenters. The summed E-state index contributed by atoms with van der Waals surface area (Å²) >= 11 is 0. The van der Waals surface area contributed by atoms with Gasteiger partial charge in [-0.1, -0.05) is 12.1 Å². The molecule has 1 atom stereocenters. The van der Waals surface area contributed by atoms with Gasteiger partial charge in [0.15, 0.2) is 11.5 Å². The number of para-hydroxylation sites is 1. The molecule has 1 aromatic heterocycles. The summed E-state index contributed by atoms with van der Waals surface area (Å²) in [5.41, 5.74) is 2.12. The van der Waals surface area contributed by atoms with E-state index in [-0.39, 0.29) is 0 Å². The molecule has 0 radical (unpaired) electrons. The zero-order valence-electron chi connectivity index (χ0n) is 14.5. The van der Waals surface area contributed by atoms with Crippen LogP contribution >= 0.6 is 0 Å². The van der Waals surface area contributed by atoms with Crippen LogP contribution in [0.1, 0.15) is 17.7 Å². The van der Waals surface area contributed by atoms with Gasteiger partial charge in [0.1, 0.15) is 12.1 Å². The van der Waals surface area contributed by atoms with Gasteiger partial charge >= 0.3 is 0 Å². The van der Waals surface area contributed by atoms with Gasteiger partial charge in [-0.15, -0.1) is 0 Å². The predicted octanol–water partition coefficient (Wildman–Crippen LogP) is 2.49. The van der Waals surface area contributed by atoms with Gasteiger partial charge in [0.25, 0.3) is 0 Å². The number of hydrogen-bond donors (Lipinski definition) is 1. The summed E-state index contributed by atoms with van der Waals surface area (Å²) in [4.78, 5) is 10.8. The molecule has 0 amide bonds. The Labute approximate surface area is 142 Å². The maximum absolute atomic E-state index is 5.53. The van der Waals surface area contributed by atoms with Gasteiger partial charge < -0.3 is 14.8 Å². The number of hydrogen-bond acceptors (Lipinski definition) is 6. The highest BCUT2D eigenvalue weighted by Gasteiger charge is 2.24. The molecule has 24 heavy (non-hydrogen) atoms. The third-order valence-corrected chi connectivity index (χ3v) is 4.31. The van der Waals surface area contributed by atoms with Crippen LogP contribution in [0.4, 0.5) is 5.82 Å². The lowest BCUT2D eigenvalue weighted by Crippen LogP contribution is -2.26. The van der Waals surface area contributed by atoms with Crippen LogP contribution in [0.3, 0.4) is 0 Å². The molecular weight excluding hydrogens is 304 g/mol. The molecule has 128 valence electrons. The van der Waals surface area contributed by atoms with Crippen LogP contribution in [0.25, 0.3) is 0 Å². The molecule has 1 aromatic carbocycles. The van der Waals surface area contributed by atoms with Gasteiger partial charge in [0.05, 0.1) is 14.2 Å². The van der Waals surface area contributed by atoms with E-state index in [2.05, 4.69) is 26.3 Å². The van der Waals surface area contributed by atoms with Crippen molar-refractivity contribution in [3.05, 3.63) is 41.9 Å². The number of nitrogens with one attached hydrogen (secondary N) is 1. The van der Waals surface area contributed by atoms with Crippen LogP contribution in [-0.2, 0) is 6.54 Å². The van der Waals surface area contributed by atoms with E-state index in [1.165, 1.54) is 0 Å². The molecule has 1 aliphatic rings. The van der Waals surface area contributed by atoms with Crippen molar-refractivity contribution in [3.8, 4) is 11.5 Å². The average Bonchev–Trinajstić information content (AvgIpc) is 3.01. The first kappa shape index (κ1) is 16.5. The fraction of sp³-hybridized carbons (Fsp3) is 0.444. The first-order valence-corrected chi connectivity index (χ1v) is 8.17. The minimum absolute atomic E-state index is 0.399. The van der Waals surface area contributed by atoms with E-state index in [0.29, 0.717) is 6.04 Å². The molecule has 2 aromatic rings. The van der Waals surface area contributed by atoms with Crippen molar-refractivity contribution in [1.29, 1.82) is 0 Å². The van der Waals surface area contributed by atoms with Crippen molar-refractivity contribution < 1.29 is 9.47 Å². The van der Waals surface area contributed by atoms with E-state index in [0.717, 1.165) is 54.6 Å². The van der Waals surface area contributed by atoms with Gasteiger partial charge in [0.2, 0.25) is 0 Å². The molecule has 0 bridgehead atoms. The van der Waals surface area contributed by atoms with Crippen molar-refractivity contribution >= 4 is 5.82 Å². The number of anilines is 1. The monoisotopic (exact) mass is 328 g/mol. The second-order valence-corrected chi connectivity index (χ2v) is 6.06. The Balaban J connectivity index is 1.62. The Morgan fingerprint density at radius 1 is 1.25 bits per heavy atom. The molecule has 3 rings (SSSR count). The number of rotatable bonds is 6. The van der Waals surface area contributed by atoms with Crippen LogP contribution in [0.5, 0.6) is 11.5 Å². The number of methoxy groups -OCH3 is 2. The Bertz CT molecular complexity index is 692. The molecule has 1 fully saturated rings. The van der Waals surface area contributed by atoms with Gasteiger partial charge in [-0.25, -0.2) is 9.97 Å². The molecule has 1 saturated heterocycles. The fourth-order valence-corrected chi connectivity index (χ4v) is 3.16. The first-order chi connectivity index (χ1) is 11.7. The summed E-state index contributed by atoms with van der Waals surface area (Å²) in [6.07, 6.45) is 2.70. The molecule has 0 saturated carbocycles. The molecule has 1 aliphatic heterocycles. The topological polar surface area (TPSA) is 59.5 Å². The van der Waals surface area contributed by atoms with Crippen molar-refractivity contribution in [2.75, 3.05) is 32.6 Å². The highest BCUT2D eigenvalue weighted by molar-refractivity contribution is 5.46. The first-order valence-electron chi connectivity index (χ1n) is 8.17. The SMILES string of the molecule is COc1cccc(CN2CCC(Nc3cc(C)ncn3)C2)c1OC. The molecule has 2 heterocycles. The molecule has 6 heteroatoms. The number of nitrogens with zero attached hydrogens (tertiary/aromatic N) is 3. The summed E-state index contributed by atoms with van der Waals surface area (Å²) < 4.78 is 10.9. The van der Waals surface area contributed by atoms with Gasteiger partial charge in [-0.3, -0.25) is 4.90 Å².